The van der Waals surface area contributed by atoms with Crippen molar-refractivity contribution in [2.75, 3.05) is 30.9 Å². The second-order valence-electron chi connectivity index (χ2n) is 4.28. The van der Waals surface area contributed by atoms with Crippen molar-refractivity contribution in [3.63, 3.8) is 0 Å². The Bertz CT molecular complexity index is 418. The molecule has 0 unspecified atom stereocenters. The number of hydrogen-bond acceptors (Lipinski definition) is 3. The largest absolute Gasteiger partial charge is 0.399 e. The molecule has 2 N–H and O–H groups in total. The highest BCUT2D eigenvalue weighted by molar-refractivity contribution is 5.95. The van der Waals surface area contributed by atoms with Crippen molar-refractivity contribution in [1.29, 1.82) is 0 Å². The summed E-state index contributed by atoms with van der Waals surface area (Å²) < 4.78 is 5.05. The molecule has 1 amide bonds. The van der Waals surface area contributed by atoms with E-state index in [0.29, 0.717) is 25.3 Å². The van der Waals surface area contributed by atoms with E-state index in [4.69, 9.17) is 10.5 Å². The Morgan fingerprint density at radius 1 is 1.41 bits per heavy atom. The summed E-state index contributed by atoms with van der Waals surface area (Å²) in [7, 11) is 1.64. The average molecular weight is 234 g/mol. The molecular formula is C13H18N2O2. The number of ether oxygens (including phenoxy) is 1. The number of fused-ring (bicyclic) bond motifs is 1. The normalized spacial score (nSPS) is 15.6. The first-order valence-electron chi connectivity index (χ1n) is 5.90. The zero-order valence-corrected chi connectivity index (χ0v) is 10.1. The monoisotopic (exact) mass is 234 g/mol. The summed E-state index contributed by atoms with van der Waals surface area (Å²) in [6.45, 7) is 1.13. The fourth-order valence-electron chi connectivity index (χ4n) is 2.17. The molecule has 4 nitrogen and oxygen atoms in total. The molecule has 0 saturated heterocycles. The maximum absolute atomic E-state index is 12.0. The molecule has 4 heteroatoms. The molecule has 0 atom stereocenters. The van der Waals surface area contributed by atoms with Crippen molar-refractivity contribution >= 4 is 17.3 Å². The molecule has 1 aromatic carbocycles. The summed E-state index contributed by atoms with van der Waals surface area (Å²) in [6, 6.07) is 5.79. The van der Waals surface area contributed by atoms with Crippen molar-refractivity contribution in [3.05, 3.63) is 23.8 Å². The molecule has 1 heterocycles. The smallest absolute Gasteiger partial charge is 0.227 e. The lowest BCUT2D eigenvalue weighted by Gasteiger charge is -2.23. The molecule has 0 aromatic heterocycles. The van der Waals surface area contributed by atoms with Gasteiger partial charge in [0.25, 0.3) is 0 Å². The van der Waals surface area contributed by atoms with E-state index in [1.54, 1.807) is 12.0 Å². The van der Waals surface area contributed by atoms with Gasteiger partial charge in [-0.15, -0.1) is 0 Å². The Balaban J connectivity index is 2.34. The number of nitrogens with two attached hydrogens (primary N) is 1. The molecular weight excluding hydrogens is 216 g/mol. The standard InChI is InChI=1S/C13H18N2O2/c1-17-8-7-15-12-9-11(14)6-5-10(12)3-2-4-13(15)16/h5-6,9H,2-4,7-8,14H2,1H3. The number of carbonyl (C=O) groups excluding carboxylic acids is 1. The number of amides is 1. The van der Waals surface area contributed by atoms with E-state index in [0.717, 1.165) is 18.5 Å². The van der Waals surface area contributed by atoms with Crippen LogP contribution in [0.15, 0.2) is 18.2 Å². The first-order chi connectivity index (χ1) is 8.22. The quantitative estimate of drug-likeness (QED) is 0.808. The number of anilines is 2. The van der Waals surface area contributed by atoms with Gasteiger partial charge in [-0.3, -0.25) is 4.79 Å². The Morgan fingerprint density at radius 3 is 3.00 bits per heavy atom. The molecule has 1 aliphatic heterocycles. The topological polar surface area (TPSA) is 55.6 Å². The van der Waals surface area contributed by atoms with Gasteiger partial charge in [0.1, 0.15) is 0 Å². The van der Waals surface area contributed by atoms with Gasteiger partial charge in [-0.25, -0.2) is 0 Å². The van der Waals surface area contributed by atoms with E-state index in [2.05, 4.69) is 0 Å². The molecule has 1 aromatic rings. The molecule has 2 rings (SSSR count). The SMILES string of the molecule is COCCN1C(=O)CCCc2ccc(N)cc21. The van der Waals surface area contributed by atoms with Crippen molar-refractivity contribution in [2.24, 2.45) is 0 Å². The van der Waals surface area contributed by atoms with Crippen LogP contribution in [0.5, 0.6) is 0 Å². The first-order valence-corrected chi connectivity index (χ1v) is 5.90. The fourth-order valence-corrected chi connectivity index (χ4v) is 2.17. The van der Waals surface area contributed by atoms with Crippen LogP contribution < -0.4 is 10.6 Å². The molecule has 0 fully saturated rings. The number of carbonyl (C=O) groups is 1. The molecule has 0 bridgehead atoms. The number of nitrogen functional groups attached to an aromatic ring is 1. The minimum Gasteiger partial charge on any atom is -0.399 e. The number of aryl methyl sites for hydroxylation is 1. The Morgan fingerprint density at radius 2 is 2.24 bits per heavy atom. The van der Waals surface area contributed by atoms with Crippen LogP contribution >= 0.6 is 0 Å². The van der Waals surface area contributed by atoms with Gasteiger partial charge in [-0.1, -0.05) is 6.07 Å². The molecule has 1 aliphatic rings. The fraction of sp³-hybridized carbons (Fsp3) is 0.462. The zero-order valence-electron chi connectivity index (χ0n) is 10.1. The van der Waals surface area contributed by atoms with Gasteiger partial charge < -0.3 is 15.4 Å². The lowest BCUT2D eigenvalue weighted by Crippen LogP contribution is -2.33. The predicted molar refractivity (Wildman–Crippen MR) is 68.0 cm³/mol. The number of rotatable bonds is 3. The third-order valence-corrected chi connectivity index (χ3v) is 3.06. The van der Waals surface area contributed by atoms with Gasteiger partial charge in [0.05, 0.1) is 6.61 Å². The summed E-state index contributed by atoms with van der Waals surface area (Å²) in [4.78, 5) is 13.8. The van der Waals surface area contributed by atoms with Gasteiger partial charge in [0.2, 0.25) is 5.91 Å². The highest BCUT2D eigenvalue weighted by atomic mass is 16.5. The Labute approximate surface area is 101 Å². The van der Waals surface area contributed by atoms with Crippen LogP contribution in [0.1, 0.15) is 18.4 Å². The van der Waals surface area contributed by atoms with Crippen molar-refractivity contribution in [2.45, 2.75) is 19.3 Å². The van der Waals surface area contributed by atoms with E-state index in [9.17, 15) is 4.79 Å². The van der Waals surface area contributed by atoms with Crippen LogP contribution in [0.25, 0.3) is 0 Å². The summed E-state index contributed by atoms with van der Waals surface area (Å²) in [5, 5.41) is 0. The van der Waals surface area contributed by atoms with E-state index >= 15 is 0 Å². The summed E-state index contributed by atoms with van der Waals surface area (Å²) in [5.41, 5.74) is 8.64. The van der Waals surface area contributed by atoms with E-state index in [-0.39, 0.29) is 5.91 Å². The number of nitrogens with zero attached hydrogens (tertiary/aromatic N) is 1. The highest BCUT2D eigenvalue weighted by Gasteiger charge is 2.21. The summed E-state index contributed by atoms with van der Waals surface area (Å²) in [5.74, 6) is 0.159. The zero-order chi connectivity index (χ0) is 12.3. The van der Waals surface area contributed by atoms with E-state index < -0.39 is 0 Å². The van der Waals surface area contributed by atoms with Crippen LogP contribution in [0.3, 0.4) is 0 Å². The van der Waals surface area contributed by atoms with Crippen molar-refractivity contribution in [1.82, 2.24) is 0 Å². The second-order valence-corrected chi connectivity index (χ2v) is 4.28. The van der Waals surface area contributed by atoms with E-state index in [1.165, 1.54) is 5.56 Å². The average Bonchev–Trinajstić information content (AvgIpc) is 2.46. The second kappa shape index (κ2) is 5.19. The maximum Gasteiger partial charge on any atom is 0.227 e. The Kier molecular flexibility index (Phi) is 3.64. The maximum atomic E-state index is 12.0. The van der Waals surface area contributed by atoms with Crippen LogP contribution in [0, 0.1) is 0 Å². The molecule has 17 heavy (non-hydrogen) atoms. The third kappa shape index (κ3) is 2.58. The molecule has 0 radical (unpaired) electrons. The number of benzene rings is 1. The number of methoxy groups -OCH3 is 1. The minimum atomic E-state index is 0.159. The predicted octanol–water partition coefficient (Wildman–Crippen LogP) is 1.58. The molecule has 0 aliphatic carbocycles. The lowest BCUT2D eigenvalue weighted by atomic mass is 10.1. The summed E-state index contributed by atoms with van der Waals surface area (Å²) in [6.07, 6.45) is 2.43. The van der Waals surface area contributed by atoms with Gasteiger partial charge in [-0.05, 0) is 30.5 Å². The Hall–Kier alpha value is -1.55. The lowest BCUT2D eigenvalue weighted by molar-refractivity contribution is -0.118. The minimum absolute atomic E-state index is 0.159. The van der Waals surface area contributed by atoms with Crippen molar-refractivity contribution in [3.8, 4) is 0 Å². The van der Waals surface area contributed by atoms with Crippen LogP contribution in [0.2, 0.25) is 0 Å². The van der Waals surface area contributed by atoms with Crippen molar-refractivity contribution < 1.29 is 9.53 Å². The summed E-state index contributed by atoms with van der Waals surface area (Å²) >= 11 is 0. The van der Waals surface area contributed by atoms with Gasteiger partial charge in [0, 0.05) is 31.5 Å². The highest BCUT2D eigenvalue weighted by Crippen LogP contribution is 2.28. The molecule has 92 valence electrons. The van der Waals surface area contributed by atoms with Gasteiger partial charge in [0.15, 0.2) is 0 Å². The van der Waals surface area contributed by atoms with Crippen LogP contribution in [-0.4, -0.2) is 26.2 Å². The first kappa shape index (κ1) is 11.9. The third-order valence-electron chi connectivity index (χ3n) is 3.06. The van der Waals surface area contributed by atoms with Crippen LogP contribution in [0.4, 0.5) is 11.4 Å². The molecule has 0 spiro atoms. The number of hydrogen-bond donors (Lipinski definition) is 1. The molecule has 0 saturated carbocycles. The van der Waals surface area contributed by atoms with Gasteiger partial charge >= 0.3 is 0 Å². The van der Waals surface area contributed by atoms with Crippen LogP contribution in [-0.2, 0) is 16.0 Å². The van der Waals surface area contributed by atoms with E-state index in [1.807, 2.05) is 18.2 Å². The van der Waals surface area contributed by atoms with Gasteiger partial charge in [-0.2, -0.15) is 0 Å².